The Morgan fingerprint density at radius 1 is 1.38 bits per heavy atom. The minimum absolute atomic E-state index is 0.160. The van der Waals surface area contributed by atoms with Gasteiger partial charge in [0.2, 0.25) is 0 Å². The van der Waals surface area contributed by atoms with E-state index in [1.807, 2.05) is 19.9 Å². The highest BCUT2D eigenvalue weighted by molar-refractivity contribution is 5.75. The lowest BCUT2D eigenvalue weighted by atomic mass is 9.87. The number of carbonyl (C=O) groups excluding carboxylic acids is 2. The van der Waals surface area contributed by atoms with Crippen molar-refractivity contribution >= 4 is 17.9 Å². The Bertz CT molecular complexity index is 520. The van der Waals surface area contributed by atoms with Gasteiger partial charge in [-0.3, -0.25) is 15.0 Å². The van der Waals surface area contributed by atoms with Crippen LogP contribution in [-0.2, 0) is 23.8 Å². The third-order valence-corrected chi connectivity index (χ3v) is 3.86. The molecule has 0 aliphatic carbocycles. The topological polar surface area (TPSA) is 124 Å². The number of hydrogen-bond donors (Lipinski definition) is 3. The van der Waals surface area contributed by atoms with Crippen molar-refractivity contribution in [2.45, 2.75) is 65.4 Å². The van der Waals surface area contributed by atoms with Crippen molar-refractivity contribution < 1.29 is 23.8 Å². The average molecular weight is 341 g/mol. The molecule has 0 amide bonds. The van der Waals surface area contributed by atoms with Gasteiger partial charge in [0.05, 0.1) is 11.8 Å². The first-order valence-electron chi connectivity index (χ1n) is 7.95. The van der Waals surface area contributed by atoms with Gasteiger partial charge < -0.3 is 25.3 Å². The molecule has 0 aromatic carbocycles. The van der Waals surface area contributed by atoms with Gasteiger partial charge in [-0.15, -0.1) is 0 Å². The van der Waals surface area contributed by atoms with E-state index in [2.05, 4.69) is 5.32 Å². The molecule has 8 heteroatoms. The molecule has 5 atom stereocenters. The molecule has 0 saturated heterocycles. The van der Waals surface area contributed by atoms with Gasteiger partial charge in [-0.1, -0.05) is 13.8 Å². The van der Waals surface area contributed by atoms with Gasteiger partial charge in [-0.05, 0) is 19.4 Å². The van der Waals surface area contributed by atoms with Crippen LogP contribution in [0.15, 0.2) is 11.8 Å². The number of hydrogen-bond acceptors (Lipinski definition) is 6. The summed E-state index contributed by atoms with van der Waals surface area (Å²) in [5.41, 5.74) is 5.43. The lowest BCUT2D eigenvalue weighted by Gasteiger charge is -2.40. The molecule has 0 fully saturated rings. The zero-order chi connectivity index (χ0) is 18.4. The molecule has 0 bridgehead atoms. The number of rotatable bonds is 6. The normalized spacial score (nSPS) is 25.5. The van der Waals surface area contributed by atoms with Gasteiger partial charge in [0.15, 0.2) is 12.1 Å². The van der Waals surface area contributed by atoms with Gasteiger partial charge in [0.1, 0.15) is 12.2 Å². The van der Waals surface area contributed by atoms with Crippen LogP contribution >= 0.6 is 0 Å². The Labute approximate surface area is 142 Å². The molecule has 0 spiro atoms. The molecule has 1 rings (SSSR count). The molecule has 0 radical (unpaired) electrons. The van der Waals surface area contributed by atoms with Crippen LogP contribution in [0.1, 0.15) is 41.0 Å². The third-order valence-electron chi connectivity index (χ3n) is 3.86. The molecule has 4 N–H and O–H groups in total. The maximum atomic E-state index is 11.5. The monoisotopic (exact) mass is 341 g/mol. The van der Waals surface area contributed by atoms with Crippen LogP contribution < -0.4 is 11.1 Å². The predicted octanol–water partition coefficient (Wildman–Crippen LogP) is 1.05. The Morgan fingerprint density at radius 3 is 2.42 bits per heavy atom. The lowest BCUT2D eigenvalue weighted by Crippen LogP contribution is -2.54. The second kappa shape index (κ2) is 8.56. The van der Waals surface area contributed by atoms with E-state index in [-0.39, 0.29) is 17.9 Å². The lowest BCUT2D eigenvalue weighted by molar-refractivity contribution is -0.181. The summed E-state index contributed by atoms with van der Waals surface area (Å²) in [4.78, 5) is 22.9. The molecule has 0 aromatic rings. The van der Waals surface area contributed by atoms with Crippen LogP contribution in [0.3, 0.4) is 0 Å². The first-order chi connectivity index (χ1) is 11.1. The van der Waals surface area contributed by atoms with Gasteiger partial charge in [0, 0.05) is 19.8 Å². The van der Waals surface area contributed by atoms with Crippen LogP contribution in [0.5, 0.6) is 0 Å². The second-order valence-electron chi connectivity index (χ2n) is 5.93. The van der Waals surface area contributed by atoms with Crippen molar-refractivity contribution in [1.29, 1.82) is 5.41 Å². The summed E-state index contributed by atoms with van der Waals surface area (Å²) in [6.45, 7) is 8.11. The predicted molar refractivity (Wildman–Crippen MR) is 88.0 cm³/mol. The van der Waals surface area contributed by atoms with Gasteiger partial charge in [-0.2, -0.15) is 0 Å². The van der Waals surface area contributed by atoms with Crippen molar-refractivity contribution in [3.8, 4) is 0 Å². The van der Waals surface area contributed by atoms with E-state index in [1.54, 1.807) is 6.92 Å². The van der Waals surface area contributed by atoms with Crippen LogP contribution in [0, 0.1) is 11.3 Å². The summed E-state index contributed by atoms with van der Waals surface area (Å²) in [6, 6.07) is -0.255. The SMILES string of the molecule is CC[C@@H](OC(C)=O)[C@@H](OC(C)=O)[C@@H]1OC(C)=C[C@H](NC(=N)N)[C@H]1C. The van der Waals surface area contributed by atoms with Crippen molar-refractivity contribution in [2.75, 3.05) is 0 Å². The van der Waals surface area contributed by atoms with Gasteiger partial charge in [0.25, 0.3) is 0 Å². The number of esters is 2. The minimum Gasteiger partial charge on any atom is -0.491 e. The smallest absolute Gasteiger partial charge is 0.303 e. The number of allylic oxidation sites excluding steroid dienone is 1. The average Bonchev–Trinajstić information content (AvgIpc) is 2.45. The fourth-order valence-electron chi connectivity index (χ4n) is 2.83. The summed E-state index contributed by atoms with van der Waals surface area (Å²) in [7, 11) is 0. The van der Waals surface area contributed by atoms with E-state index in [4.69, 9.17) is 25.4 Å². The van der Waals surface area contributed by atoms with Gasteiger partial charge in [-0.25, -0.2) is 0 Å². The molecule has 0 saturated carbocycles. The van der Waals surface area contributed by atoms with Crippen LogP contribution in [-0.4, -0.2) is 42.3 Å². The number of nitrogens with two attached hydrogens (primary N) is 1. The Hall–Kier alpha value is -2.25. The van der Waals surface area contributed by atoms with Crippen LogP contribution in [0.2, 0.25) is 0 Å². The summed E-state index contributed by atoms with van der Waals surface area (Å²) >= 11 is 0. The van der Waals surface area contributed by atoms with E-state index < -0.39 is 30.3 Å². The van der Waals surface area contributed by atoms with Crippen molar-refractivity contribution in [3.05, 3.63) is 11.8 Å². The van der Waals surface area contributed by atoms with Crippen LogP contribution in [0.25, 0.3) is 0 Å². The minimum atomic E-state index is -0.758. The highest BCUT2D eigenvalue weighted by Gasteiger charge is 2.42. The third kappa shape index (κ3) is 5.43. The number of ether oxygens (including phenoxy) is 3. The number of nitrogens with one attached hydrogen (secondary N) is 2. The molecule has 0 unspecified atom stereocenters. The van der Waals surface area contributed by atoms with E-state index in [1.165, 1.54) is 13.8 Å². The van der Waals surface area contributed by atoms with E-state index in [9.17, 15) is 9.59 Å². The highest BCUT2D eigenvalue weighted by atomic mass is 16.6. The summed E-state index contributed by atoms with van der Waals surface area (Å²) < 4.78 is 16.6. The Kier molecular flexibility index (Phi) is 7.06. The fraction of sp³-hybridized carbons (Fsp3) is 0.688. The van der Waals surface area contributed by atoms with Crippen molar-refractivity contribution in [2.24, 2.45) is 11.7 Å². The van der Waals surface area contributed by atoms with E-state index >= 15 is 0 Å². The summed E-state index contributed by atoms with van der Waals surface area (Å²) in [5, 5.41) is 10.3. The van der Waals surface area contributed by atoms with Crippen molar-refractivity contribution in [1.82, 2.24) is 5.32 Å². The molecule has 1 aliphatic rings. The fourth-order valence-corrected chi connectivity index (χ4v) is 2.83. The standard InChI is InChI=1S/C16H27N3O5/c1-6-13(23-10(4)20)15(24-11(5)21)14-9(3)12(19-16(17)18)7-8(2)22-14/h7,9,12-15H,6H2,1-5H3,(H4,17,18,19)/t9-,12+,13-,14-,15-/m1/s1. The quantitative estimate of drug-likeness (QED) is 0.375. The Morgan fingerprint density at radius 2 is 1.96 bits per heavy atom. The summed E-state index contributed by atoms with van der Waals surface area (Å²) in [6.07, 6.45) is 0.367. The maximum absolute atomic E-state index is 11.5. The molecule has 136 valence electrons. The van der Waals surface area contributed by atoms with Crippen LogP contribution in [0.4, 0.5) is 0 Å². The Balaban J connectivity index is 3.11. The largest absolute Gasteiger partial charge is 0.491 e. The molecule has 24 heavy (non-hydrogen) atoms. The van der Waals surface area contributed by atoms with E-state index in [0.717, 1.165) is 0 Å². The molecule has 1 heterocycles. The van der Waals surface area contributed by atoms with E-state index in [0.29, 0.717) is 12.2 Å². The molecular weight excluding hydrogens is 314 g/mol. The maximum Gasteiger partial charge on any atom is 0.303 e. The molecule has 8 nitrogen and oxygen atoms in total. The molecular formula is C16H27N3O5. The second-order valence-corrected chi connectivity index (χ2v) is 5.93. The highest BCUT2D eigenvalue weighted by Crippen LogP contribution is 2.30. The zero-order valence-electron chi connectivity index (χ0n) is 14.8. The number of guanidine groups is 1. The summed E-state index contributed by atoms with van der Waals surface area (Å²) in [5.74, 6) is -0.649. The molecule has 1 aliphatic heterocycles. The number of carbonyl (C=O) groups is 2. The molecule has 0 aromatic heterocycles. The first-order valence-corrected chi connectivity index (χ1v) is 7.95. The van der Waals surface area contributed by atoms with Gasteiger partial charge >= 0.3 is 11.9 Å². The van der Waals surface area contributed by atoms with Crippen molar-refractivity contribution in [3.63, 3.8) is 0 Å². The first kappa shape index (κ1) is 19.8. The zero-order valence-corrected chi connectivity index (χ0v) is 14.8.